The first-order chi connectivity index (χ1) is 12.9. The number of aryl methyl sites for hydroxylation is 1. The van der Waals surface area contributed by atoms with Gasteiger partial charge in [-0.25, -0.2) is 0 Å². The standard InChI is InChI=1S/C19H23ClN4O3/c1-12-15(20)5-4-6-16(12)21-17(25)13-7-9-24(10-8-13)19(26)14-11-23(2)22-18(14)27-3/h4-6,11,13H,7-10H2,1-3H3,(H,21,25). The van der Waals surface area contributed by atoms with E-state index in [9.17, 15) is 9.59 Å². The van der Waals surface area contributed by atoms with Gasteiger partial charge in [0, 0.05) is 43.0 Å². The molecule has 0 aliphatic carbocycles. The van der Waals surface area contributed by atoms with Gasteiger partial charge < -0.3 is 15.0 Å². The molecule has 1 aliphatic heterocycles. The SMILES string of the molecule is COc1nn(C)cc1C(=O)N1CCC(C(=O)Nc2cccc(Cl)c2C)CC1. The fraction of sp³-hybridized carbons (Fsp3) is 0.421. The number of amides is 2. The van der Waals surface area contributed by atoms with Crippen molar-refractivity contribution in [1.29, 1.82) is 0 Å². The fourth-order valence-electron chi connectivity index (χ4n) is 3.26. The summed E-state index contributed by atoms with van der Waals surface area (Å²) in [5.41, 5.74) is 2.02. The highest BCUT2D eigenvalue weighted by Gasteiger charge is 2.30. The molecule has 0 radical (unpaired) electrons. The second-order valence-corrected chi connectivity index (χ2v) is 7.10. The van der Waals surface area contributed by atoms with Gasteiger partial charge in [0.1, 0.15) is 5.56 Å². The quantitative estimate of drug-likeness (QED) is 0.870. The van der Waals surface area contributed by atoms with Gasteiger partial charge in [0.05, 0.1) is 7.11 Å². The Kier molecular flexibility index (Phi) is 5.70. The van der Waals surface area contributed by atoms with Crippen molar-refractivity contribution in [3.8, 4) is 5.88 Å². The van der Waals surface area contributed by atoms with Crippen molar-refractivity contribution in [3.63, 3.8) is 0 Å². The molecule has 1 N–H and O–H groups in total. The third-order valence-electron chi connectivity index (χ3n) is 4.90. The lowest BCUT2D eigenvalue weighted by Gasteiger charge is -2.31. The summed E-state index contributed by atoms with van der Waals surface area (Å²) >= 11 is 6.11. The second kappa shape index (κ2) is 8.00. The molecule has 1 saturated heterocycles. The smallest absolute Gasteiger partial charge is 0.260 e. The molecule has 7 nitrogen and oxygen atoms in total. The van der Waals surface area contributed by atoms with Gasteiger partial charge in [-0.3, -0.25) is 14.3 Å². The first-order valence-corrected chi connectivity index (χ1v) is 9.21. The van der Waals surface area contributed by atoms with Crippen molar-refractivity contribution in [2.75, 3.05) is 25.5 Å². The van der Waals surface area contributed by atoms with E-state index >= 15 is 0 Å². The van der Waals surface area contributed by atoms with Crippen molar-refractivity contribution in [3.05, 3.63) is 40.5 Å². The third-order valence-corrected chi connectivity index (χ3v) is 5.31. The number of piperidine rings is 1. The zero-order valence-electron chi connectivity index (χ0n) is 15.7. The molecule has 8 heteroatoms. The molecule has 0 bridgehead atoms. The number of carbonyl (C=O) groups is 2. The number of methoxy groups -OCH3 is 1. The molecule has 0 saturated carbocycles. The summed E-state index contributed by atoms with van der Waals surface area (Å²) in [5.74, 6) is 0.0259. The molecule has 0 spiro atoms. The van der Waals surface area contributed by atoms with E-state index in [1.54, 1.807) is 28.9 Å². The fourth-order valence-corrected chi connectivity index (χ4v) is 3.43. The zero-order valence-corrected chi connectivity index (χ0v) is 16.4. The van der Waals surface area contributed by atoms with Crippen LogP contribution in [0.4, 0.5) is 5.69 Å². The van der Waals surface area contributed by atoms with Crippen LogP contribution in [0.2, 0.25) is 5.02 Å². The van der Waals surface area contributed by atoms with Gasteiger partial charge in [-0.15, -0.1) is 5.10 Å². The first kappa shape index (κ1) is 19.2. The summed E-state index contributed by atoms with van der Waals surface area (Å²) in [6.45, 7) is 2.91. The predicted molar refractivity (Wildman–Crippen MR) is 103 cm³/mol. The number of ether oxygens (including phenoxy) is 1. The van der Waals surface area contributed by atoms with Crippen molar-refractivity contribution in [2.24, 2.45) is 13.0 Å². The molecule has 2 amide bonds. The number of rotatable bonds is 4. The number of carbonyl (C=O) groups excluding carboxylic acids is 2. The number of nitrogens with one attached hydrogen (secondary N) is 1. The molecular formula is C19H23ClN4O3. The largest absolute Gasteiger partial charge is 0.479 e. The van der Waals surface area contributed by atoms with Crippen LogP contribution in [0.1, 0.15) is 28.8 Å². The maximum Gasteiger partial charge on any atom is 0.260 e. The molecule has 144 valence electrons. The Morgan fingerprint density at radius 1 is 1.30 bits per heavy atom. The van der Waals surface area contributed by atoms with E-state index in [0.29, 0.717) is 42.4 Å². The van der Waals surface area contributed by atoms with Gasteiger partial charge >= 0.3 is 0 Å². The predicted octanol–water partition coefficient (Wildman–Crippen LogP) is 2.88. The molecule has 27 heavy (non-hydrogen) atoms. The summed E-state index contributed by atoms with van der Waals surface area (Å²) in [4.78, 5) is 27.1. The van der Waals surface area contributed by atoms with Gasteiger partial charge in [-0.1, -0.05) is 17.7 Å². The summed E-state index contributed by atoms with van der Waals surface area (Å²) in [6.07, 6.45) is 2.88. The minimum Gasteiger partial charge on any atom is -0.479 e. The Morgan fingerprint density at radius 3 is 2.67 bits per heavy atom. The van der Waals surface area contributed by atoms with Gasteiger partial charge in [-0.2, -0.15) is 0 Å². The molecule has 1 aliphatic rings. The van der Waals surface area contributed by atoms with Crippen molar-refractivity contribution in [1.82, 2.24) is 14.7 Å². The molecule has 3 rings (SSSR count). The van der Waals surface area contributed by atoms with Crippen LogP contribution in [0.5, 0.6) is 5.88 Å². The van der Waals surface area contributed by atoms with Crippen LogP contribution >= 0.6 is 11.6 Å². The van der Waals surface area contributed by atoms with Crippen LogP contribution in [-0.4, -0.2) is 46.7 Å². The Bertz CT molecular complexity index is 857. The topological polar surface area (TPSA) is 76.5 Å². The number of hydrogen-bond acceptors (Lipinski definition) is 4. The molecule has 1 aromatic heterocycles. The summed E-state index contributed by atoms with van der Waals surface area (Å²) in [6, 6.07) is 5.45. The maximum atomic E-state index is 12.7. The molecular weight excluding hydrogens is 368 g/mol. The van der Waals surface area contributed by atoms with Crippen molar-refractivity contribution < 1.29 is 14.3 Å². The van der Waals surface area contributed by atoms with Crippen LogP contribution in [0.15, 0.2) is 24.4 Å². The van der Waals surface area contributed by atoms with Gasteiger partial charge in [0.15, 0.2) is 0 Å². The van der Waals surface area contributed by atoms with Crippen LogP contribution in [0, 0.1) is 12.8 Å². The Hall–Kier alpha value is -2.54. The van der Waals surface area contributed by atoms with E-state index < -0.39 is 0 Å². The molecule has 1 aromatic carbocycles. The van der Waals surface area contributed by atoms with E-state index in [2.05, 4.69) is 10.4 Å². The lowest BCUT2D eigenvalue weighted by Crippen LogP contribution is -2.41. The highest BCUT2D eigenvalue weighted by molar-refractivity contribution is 6.31. The molecule has 0 unspecified atom stereocenters. The van der Waals surface area contributed by atoms with E-state index in [4.69, 9.17) is 16.3 Å². The van der Waals surface area contributed by atoms with Crippen molar-refractivity contribution in [2.45, 2.75) is 19.8 Å². The number of benzene rings is 1. The second-order valence-electron chi connectivity index (χ2n) is 6.69. The molecule has 0 atom stereocenters. The number of nitrogens with zero attached hydrogens (tertiary/aromatic N) is 3. The van der Waals surface area contributed by atoms with Crippen LogP contribution in [0.3, 0.4) is 0 Å². The highest BCUT2D eigenvalue weighted by Crippen LogP contribution is 2.26. The normalized spacial score (nSPS) is 14.9. The maximum absolute atomic E-state index is 12.7. The molecule has 2 heterocycles. The minimum absolute atomic E-state index is 0.0357. The average Bonchev–Trinajstić information content (AvgIpc) is 3.05. The van der Waals surface area contributed by atoms with E-state index in [1.165, 1.54) is 7.11 Å². The lowest BCUT2D eigenvalue weighted by atomic mass is 9.95. The summed E-state index contributed by atoms with van der Waals surface area (Å²) in [5, 5.41) is 7.70. The van der Waals surface area contributed by atoms with Crippen LogP contribution < -0.4 is 10.1 Å². The zero-order chi connectivity index (χ0) is 19.6. The van der Waals surface area contributed by atoms with Crippen molar-refractivity contribution >= 4 is 29.1 Å². The summed E-state index contributed by atoms with van der Waals surface area (Å²) < 4.78 is 6.73. The lowest BCUT2D eigenvalue weighted by molar-refractivity contribution is -0.121. The summed E-state index contributed by atoms with van der Waals surface area (Å²) in [7, 11) is 3.24. The number of halogens is 1. The van der Waals surface area contributed by atoms with Crippen LogP contribution in [-0.2, 0) is 11.8 Å². The number of hydrogen-bond donors (Lipinski definition) is 1. The first-order valence-electron chi connectivity index (χ1n) is 8.83. The number of likely N-dealkylation sites (tertiary alicyclic amines) is 1. The molecule has 2 aromatic rings. The Morgan fingerprint density at radius 2 is 2.00 bits per heavy atom. The third kappa shape index (κ3) is 4.08. The number of anilines is 1. The highest BCUT2D eigenvalue weighted by atomic mass is 35.5. The Balaban J connectivity index is 1.60. The van der Waals surface area contributed by atoms with Gasteiger partial charge in [0.2, 0.25) is 11.8 Å². The number of aromatic nitrogens is 2. The Labute approximate surface area is 163 Å². The van der Waals surface area contributed by atoms with E-state index in [-0.39, 0.29) is 17.7 Å². The van der Waals surface area contributed by atoms with Crippen LogP contribution in [0.25, 0.3) is 0 Å². The average molecular weight is 391 g/mol. The van der Waals surface area contributed by atoms with E-state index in [1.807, 2.05) is 19.1 Å². The monoisotopic (exact) mass is 390 g/mol. The van der Waals surface area contributed by atoms with Gasteiger partial charge in [0.25, 0.3) is 5.91 Å². The molecule has 1 fully saturated rings. The van der Waals surface area contributed by atoms with E-state index in [0.717, 1.165) is 11.3 Å². The van der Waals surface area contributed by atoms with Gasteiger partial charge in [-0.05, 0) is 37.5 Å². The minimum atomic E-state index is -0.136.